The zero-order chi connectivity index (χ0) is 13.1. The molecule has 0 atom stereocenters. The molecular weight excluding hydrogens is 233 g/mol. The number of aryl methyl sites for hydroxylation is 1. The summed E-state index contributed by atoms with van der Waals surface area (Å²) in [6.07, 6.45) is 2.87. The fourth-order valence-electron chi connectivity index (χ4n) is 1.48. The molecule has 90 valence electrons. The lowest BCUT2D eigenvalue weighted by Crippen LogP contribution is -1.99. The van der Waals surface area contributed by atoms with Gasteiger partial charge in [0, 0.05) is 5.56 Å². The molecule has 18 heavy (non-hydrogen) atoms. The summed E-state index contributed by atoms with van der Waals surface area (Å²) in [7, 11) is 0. The highest BCUT2D eigenvalue weighted by atomic mass is 19.1. The maximum Gasteiger partial charge on any atom is 0.221 e. The maximum atomic E-state index is 13.5. The molecule has 1 aromatic heterocycles. The largest absolute Gasteiger partial charge is 0.368 e. The average molecular weight is 243 g/mol. The first-order chi connectivity index (χ1) is 8.61. The Labute approximate surface area is 103 Å². The van der Waals surface area contributed by atoms with Gasteiger partial charge in [-0.3, -0.25) is 0 Å². The van der Waals surface area contributed by atoms with E-state index in [0.29, 0.717) is 5.69 Å². The highest BCUT2D eigenvalue weighted by Gasteiger charge is 2.06. The maximum absolute atomic E-state index is 13.5. The van der Waals surface area contributed by atoms with E-state index >= 15 is 0 Å². The Morgan fingerprint density at radius 1 is 1.56 bits per heavy atom. The van der Waals surface area contributed by atoms with Crippen molar-refractivity contribution in [3.8, 4) is 6.07 Å². The summed E-state index contributed by atoms with van der Waals surface area (Å²) >= 11 is 0. The molecule has 0 spiro atoms. The van der Waals surface area contributed by atoms with Gasteiger partial charge in [-0.05, 0) is 19.1 Å². The molecular formula is C12H10FN5. The van der Waals surface area contributed by atoms with E-state index in [0.717, 1.165) is 0 Å². The van der Waals surface area contributed by atoms with Crippen LogP contribution in [0.5, 0.6) is 0 Å². The molecule has 0 aliphatic rings. The molecule has 0 amide bonds. The zero-order valence-corrected chi connectivity index (χ0v) is 9.63. The van der Waals surface area contributed by atoms with Gasteiger partial charge in [-0.15, -0.1) is 0 Å². The minimum atomic E-state index is -0.506. The molecule has 5 nitrogen and oxygen atoms in total. The quantitative estimate of drug-likeness (QED) is 0.814. The lowest BCUT2D eigenvalue weighted by Gasteiger charge is -1.99. The van der Waals surface area contributed by atoms with E-state index in [9.17, 15) is 4.39 Å². The fourth-order valence-corrected chi connectivity index (χ4v) is 1.48. The van der Waals surface area contributed by atoms with Crippen molar-refractivity contribution in [1.82, 2.24) is 9.66 Å². The molecule has 0 radical (unpaired) electrons. The van der Waals surface area contributed by atoms with E-state index in [2.05, 4.69) is 10.1 Å². The number of imidazole rings is 1. The summed E-state index contributed by atoms with van der Waals surface area (Å²) in [5, 5.41) is 12.9. The Bertz CT molecular complexity index is 651. The van der Waals surface area contributed by atoms with Crippen molar-refractivity contribution in [2.75, 3.05) is 5.73 Å². The van der Waals surface area contributed by atoms with E-state index in [1.54, 1.807) is 13.1 Å². The number of nitrogen functional groups attached to an aromatic ring is 1. The van der Waals surface area contributed by atoms with Crippen molar-refractivity contribution in [3.05, 3.63) is 47.0 Å². The standard InChI is InChI=1S/C12H10FN5/c1-8-7-18(12(15)17-8)16-6-10-9(5-14)3-2-4-11(10)13/h2-4,6-7H,1H3,(H2,15,17). The minimum Gasteiger partial charge on any atom is -0.368 e. The zero-order valence-electron chi connectivity index (χ0n) is 9.63. The number of anilines is 1. The number of nitriles is 1. The molecule has 0 aliphatic heterocycles. The van der Waals surface area contributed by atoms with Crippen LogP contribution in [-0.2, 0) is 0 Å². The van der Waals surface area contributed by atoms with Gasteiger partial charge in [-0.1, -0.05) is 6.07 Å². The number of nitrogens with two attached hydrogens (primary N) is 1. The molecule has 0 saturated heterocycles. The van der Waals surface area contributed by atoms with Crippen LogP contribution < -0.4 is 5.73 Å². The molecule has 0 unspecified atom stereocenters. The molecule has 1 aromatic carbocycles. The number of halogens is 1. The van der Waals surface area contributed by atoms with Crippen LogP contribution in [0.4, 0.5) is 10.3 Å². The van der Waals surface area contributed by atoms with Crippen molar-refractivity contribution in [1.29, 1.82) is 5.26 Å². The third-order valence-electron chi connectivity index (χ3n) is 2.32. The number of hydrogen-bond donors (Lipinski definition) is 1. The van der Waals surface area contributed by atoms with Crippen molar-refractivity contribution in [3.63, 3.8) is 0 Å². The molecule has 0 saturated carbocycles. The van der Waals surface area contributed by atoms with Crippen LogP contribution in [0.15, 0.2) is 29.5 Å². The molecule has 2 rings (SSSR count). The van der Waals surface area contributed by atoms with Crippen molar-refractivity contribution in [2.24, 2.45) is 5.10 Å². The highest BCUT2D eigenvalue weighted by molar-refractivity contribution is 5.83. The number of nitrogens with zero attached hydrogens (tertiary/aromatic N) is 4. The van der Waals surface area contributed by atoms with Crippen LogP contribution in [0.25, 0.3) is 0 Å². The van der Waals surface area contributed by atoms with Gasteiger partial charge in [0.05, 0.1) is 29.7 Å². The number of rotatable bonds is 2. The van der Waals surface area contributed by atoms with Gasteiger partial charge in [-0.25, -0.2) is 14.1 Å². The lowest BCUT2D eigenvalue weighted by atomic mass is 10.1. The van der Waals surface area contributed by atoms with Crippen LogP contribution >= 0.6 is 0 Å². The van der Waals surface area contributed by atoms with Crippen molar-refractivity contribution < 1.29 is 4.39 Å². The lowest BCUT2D eigenvalue weighted by molar-refractivity contribution is 0.625. The number of benzene rings is 1. The molecule has 0 bridgehead atoms. The Kier molecular flexibility index (Phi) is 3.06. The second-order valence-corrected chi connectivity index (χ2v) is 3.64. The van der Waals surface area contributed by atoms with Gasteiger partial charge in [0.15, 0.2) is 0 Å². The van der Waals surface area contributed by atoms with Gasteiger partial charge in [0.25, 0.3) is 0 Å². The Morgan fingerprint density at radius 3 is 2.94 bits per heavy atom. The van der Waals surface area contributed by atoms with Gasteiger partial charge in [-0.2, -0.15) is 10.4 Å². The summed E-state index contributed by atoms with van der Waals surface area (Å²) in [5.41, 5.74) is 6.65. The summed E-state index contributed by atoms with van der Waals surface area (Å²) in [6, 6.07) is 6.17. The van der Waals surface area contributed by atoms with E-state index in [4.69, 9.17) is 11.0 Å². The third-order valence-corrected chi connectivity index (χ3v) is 2.32. The van der Waals surface area contributed by atoms with E-state index in [1.165, 1.54) is 29.1 Å². The molecule has 1 heterocycles. The molecule has 0 fully saturated rings. The Morgan fingerprint density at radius 2 is 2.33 bits per heavy atom. The molecule has 0 aliphatic carbocycles. The normalized spacial score (nSPS) is 10.7. The number of aromatic nitrogens is 2. The van der Waals surface area contributed by atoms with E-state index in [-0.39, 0.29) is 17.1 Å². The third kappa shape index (κ3) is 2.20. The first-order valence-electron chi connectivity index (χ1n) is 5.16. The van der Waals surface area contributed by atoms with Gasteiger partial charge < -0.3 is 5.73 Å². The number of hydrogen-bond acceptors (Lipinski definition) is 4. The molecule has 2 aromatic rings. The first kappa shape index (κ1) is 11.8. The topological polar surface area (TPSA) is 80.0 Å². The Balaban J connectivity index is 2.41. The predicted molar refractivity (Wildman–Crippen MR) is 65.5 cm³/mol. The summed E-state index contributed by atoms with van der Waals surface area (Å²) in [6.45, 7) is 1.77. The predicted octanol–water partition coefficient (Wildman–Crippen LogP) is 1.67. The van der Waals surface area contributed by atoms with Gasteiger partial charge in [0.2, 0.25) is 5.95 Å². The van der Waals surface area contributed by atoms with Crippen LogP contribution in [-0.4, -0.2) is 15.9 Å². The molecule has 6 heteroatoms. The SMILES string of the molecule is Cc1cn(N=Cc2c(F)cccc2C#N)c(N)n1. The second kappa shape index (κ2) is 4.67. The first-order valence-corrected chi connectivity index (χ1v) is 5.16. The minimum absolute atomic E-state index is 0.130. The smallest absolute Gasteiger partial charge is 0.221 e. The van der Waals surface area contributed by atoms with Crippen LogP contribution in [0.2, 0.25) is 0 Å². The van der Waals surface area contributed by atoms with E-state index in [1.807, 2.05) is 6.07 Å². The highest BCUT2D eigenvalue weighted by Crippen LogP contribution is 2.11. The van der Waals surface area contributed by atoms with Crippen LogP contribution in [0.3, 0.4) is 0 Å². The summed E-state index contributed by atoms with van der Waals surface area (Å²) in [4.78, 5) is 3.96. The van der Waals surface area contributed by atoms with Gasteiger partial charge in [0.1, 0.15) is 5.82 Å². The van der Waals surface area contributed by atoms with Gasteiger partial charge >= 0.3 is 0 Å². The van der Waals surface area contributed by atoms with Crippen LogP contribution in [0, 0.1) is 24.1 Å². The van der Waals surface area contributed by atoms with Crippen LogP contribution in [0.1, 0.15) is 16.8 Å². The second-order valence-electron chi connectivity index (χ2n) is 3.64. The Hall–Kier alpha value is -2.68. The van der Waals surface area contributed by atoms with Crippen molar-refractivity contribution in [2.45, 2.75) is 6.92 Å². The van der Waals surface area contributed by atoms with Crippen molar-refractivity contribution >= 4 is 12.2 Å². The average Bonchev–Trinajstić information content (AvgIpc) is 2.66. The monoisotopic (exact) mass is 243 g/mol. The fraction of sp³-hybridized carbons (Fsp3) is 0.0833. The molecule has 2 N–H and O–H groups in total. The summed E-state index contributed by atoms with van der Waals surface area (Å²) in [5.74, 6) is -0.299. The summed E-state index contributed by atoms with van der Waals surface area (Å²) < 4.78 is 14.9. The van der Waals surface area contributed by atoms with E-state index < -0.39 is 5.82 Å².